The van der Waals surface area contributed by atoms with Gasteiger partial charge in [0.1, 0.15) is 0 Å². The van der Waals surface area contributed by atoms with Gasteiger partial charge >= 0.3 is 12.0 Å². The standard InChI is InChI=1S/C32H59NO4/c1-3-5-7-9-11-13-15-17-19-21-23-25-27-35-31(34)30-29-33-32(37-30)36-28-26-24-22-20-18-16-14-12-10-8-6-4-2/h29H,3-28H2,1-2H3. The van der Waals surface area contributed by atoms with E-state index in [9.17, 15) is 4.79 Å². The Hall–Kier alpha value is -1.52. The van der Waals surface area contributed by atoms with Crippen molar-refractivity contribution in [2.24, 2.45) is 0 Å². The number of ether oxygens (including phenoxy) is 2. The average molecular weight is 522 g/mol. The zero-order valence-corrected chi connectivity index (χ0v) is 24.5. The topological polar surface area (TPSA) is 61.6 Å². The van der Waals surface area contributed by atoms with E-state index >= 15 is 0 Å². The molecule has 0 atom stereocenters. The molecule has 1 heterocycles. The molecule has 0 N–H and O–H groups in total. The molecule has 0 radical (unpaired) electrons. The fourth-order valence-corrected chi connectivity index (χ4v) is 4.70. The lowest BCUT2D eigenvalue weighted by molar-refractivity contribution is 0.0453. The molecule has 0 saturated carbocycles. The number of oxazole rings is 1. The van der Waals surface area contributed by atoms with Crippen LogP contribution in [0.5, 0.6) is 6.08 Å². The highest BCUT2D eigenvalue weighted by Crippen LogP contribution is 2.16. The summed E-state index contributed by atoms with van der Waals surface area (Å²) >= 11 is 0. The van der Waals surface area contributed by atoms with Crippen LogP contribution in [0.1, 0.15) is 179 Å². The summed E-state index contributed by atoms with van der Waals surface area (Å²) in [7, 11) is 0. The van der Waals surface area contributed by atoms with E-state index in [1.165, 1.54) is 135 Å². The fourth-order valence-electron chi connectivity index (χ4n) is 4.70. The highest BCUT2D eigenvalue weighted by Gasteiger charge is 2.14. The lowest BCUT2D eigenvalue weighted by Gasteiger charge is -2.04. The average Bonchev–Trinajstić information content (AvgIpc) is 3.38. The first-order valence-corrected chi connectivity index (χ1v) is 16.0. The Morgan fingerprint density at radius 1 is 0.595 bits per heavy atom. The SMILES string of the molecule is CCCCCCCCCCCCCCOC(=O)c1cnc(OCCCCCCCCCCCCCC)o1. The lowest BCUT2D eigenvalue weighted by Crippen LogP contribution is -2.05. The molecule has 0 spiro atoms. The van der Waals surface area contributed by atoms with E-state index in [0.29, 0.717) is 13.2 Å². The molecule has 0 bridgehead atoms. The summed E-state index contributed by atoms with van der Waals surface area (Å²) in [6.07, 6.45) is 32.8. The van der Waals surface area contributed by atoms with Crippen LogP contribution in [0.15, 0.2) is 10.6 Å². The molecule has 37 heavy (non-hydrogen) atoms. The molecule has 1 aromatic rings. The van der Waals surface area contributed by atoms with Crippen LogP contribution in [0.2, 0.25) is 0 Å². The summed E-state index contributed by atoms with van der Waals surface area (Å²) in [5, 5.41) is 0. The van der Waals surface area contributed by atoms with Gasteiger partial charge in [-0.1, -0.05) is 155 Å². The van der Waals surface area contributed by atoms with Crippen molar-refractivity contribution in [2.45, 2.75) is 168 Å². The zero-order valence-electron chi connectivity index (χ0n) is 24.5. The number of rotatable bonds is 28. The molecule has 1 aromatic heterocycles. The third kappa shape index (κ3) is 21.1. The van der Waals surface area contributed by atoms with Gasteiger partial charge in [0.05, 0.1) is 19.4 Å². The highest BCUT2D eigenvalue weighted by molar-refractivity contribution is 5.85. The Bertz CT molecular complexity index is 616. The van der Waals surface area contributed by atoms with E-state index in [1.807, 2.05) is 0 Å². The van der Waals surface area contributed by atoms with Crippen LogP contribution in [0.4, 0.5) is 0 Å². The molecule has 5 nitrogen and oxygen atoms in total. The molecule has 1 rings (SSSR count). The fraction of sp³-hybridized carbons (Fsp3) is 0.875. The summed E-state index contributed by atoms with van der Waals surface area (Å²) < 4.78 is 16.3. The summed E-state index contributed by atoms with van der Waals surface area (Å²) in [6, 6.07) is 0. The van der Waals surface area contributed by atoms with Crippen LogP contribution in [-0.2, 0) is 4.74 Å². The van der Waals surface area contributed by atoms with Crippen molar-refractivity contribution >= 4 is 5.97 Å². The van der Waals surface area contributed by atoms with Crippen molar-refractivity contribution in [1.29, 1.82) is 0 Å². The van der Waals surface area contributed by atoms with Gasteiger partial charge in [-0.25, -0.2) is 4.79 Å². The number of esters is 1. The van der Waals surface area contributed by atoms with Gasteiger partial charge in [0.25, 0.3) is 0 Å². The summed E-state index contributed by atoms with van der Waals surface area (Å²) in [6.45, 7) is 5.55. The first-order valence-electron chi connectivity index (χ1n) is 16.0. The van der Waals surface area contributed by atoms with Gasteiger partial charge in [-0.2, -0.15) is 4.98 Å². The Labute approximate surface area is 228 Å². The Morgan fingerprint density at radius 2 is 0.973 bits per heavy atom. The lowest BCUT2D eigenvalue weighted by atomic mass is 10.1. The maximum atomic E-state index is 12.1. The largest absolute Gasteiger partial charge is 0.460 e. The maximum Gasteiger partial charge on any atom is 0.394 e. The summed E-state index contributed by atoms with van der Waals surface area (Å²) in [5.74, 6) is -0.320. The van der Waals surface area contributed by atoms with Crippen molar-refractivity contribution in [3.63, 3.8) is 0 Å². The van der Waals surface area contributed by atoms with Gasteiger partial charge in [0.15, 0.2) is 0 Å². The Morgan fingerprint density at radius 3 is 1.41 bits per heavy atom. The van der Waals surface area contributed by atoms with Crippen LogP contribution in [0, 0.1) is 0 Å². The Balaban J connectivity index is 1.89. The number of hydrogen-bond acceptors (Lipinski definition) is 5. The van der Waals surface area contributed by atoms with E-state index in [2.05, 4.69) is 18.8 Å². The molecule has 216 valence electrons. The van der Waals surface area contributed by atoms with Crippen molar-refractivity contribution in [2.75, 3.05) is 13.2 Å². The minimum atomic E-state index is -0.448. The predicted molar refractivity (Wildman–Crippen MR) is 154 cm³/mol. The van der Waals surface area contributed by atoms with Crippen LogP contribution in [-0.4, -0.2) is 24.2 Å². The van der Waals surface area contributed by atoms with Crippen molar-refractivity contribution < 1.29 is 18.7 Å². The zero-order chi connectivity index (χ0) is 26.7. The van der Waals surface area contributed by atoms with E-state index < -0.39 is 5.97 Å². The molecule has 0 unspecified atom stereocenters. The van der Waals surface area contributed by atoms with Gasteiger partial charge in [0.2, 0.25) is 5.76 Å². The smallest absolute Gasteiger partial charge is 0.394 e. The molecule has 0 saturated heterocycles. The van der Waals surface area contributed by atoms with Crippen molar-refractivity contribution in [3.05, 3.63) is 12.0 Å². The van der Waals surface area contributed by atoms with E-state index in [0.717, 1.165) is 25.7 Å². The van der Waals surface area contributed by atoms with Gasteiger partial charge in [-0.05, 0) is 12.8 Å². The minimum absolute atomic E-state index is 0.128. The molecule has 0 aromatic carbocycles. The minimum Gasteiger partial charge on any atom is -0.460 e. The number of nitrogens with zero attached hydrogens (tertiary/aromatic N) is 1. The first kappa shape index (κ1) is 33.5. The second-order valence-corrected chi connectivity index (χ2v) is 10.8. The van der Waals surface area contributed by atoms with E-state index in [1.54, 1.807) is 0 Å². The quantitative estimate of drug-likeness (QED) is 0.0810. The molecule has 0 aliphatic rings. The predicted octanol–water partition coefficient (Wildman–Crippen LogP) is 10.6. The van der Waals surface area contributed by atoms with Gasteiger partial charge in [-0.3, -0.25) is 0 Å². The van der Waals surface area contributed by atoms with E-state index in [4.69, 9.17) is 13.9 Å². The molecule has 0 aliphatic heterocycles. The van der Waals surface area contributed by atoms with Gasteiger partial charge < -0.3 is 13.9 Å². The summed E-state index contributed by atoms with van der Waals surface area (Å²) in [5.41, 5.74) is 0. The van der Waals surface area contributed by atoms with Gasteiger partial charge in [0, 0.05) is 0 Å². The third-order valence-electron chi connectivity index (χ3n) is 7.14. The van der Waals surface area contributed by atoms with Crippen LogP contribution >= 0.6 is 0 Å². The Kier molecular flexibility index (Phi) is 23.6. The maximum absolute atomic E-state index is 12.1. The normalized spacial score (nSPS) is 11.2. The highest BCUT2D eigenvalue weighted by atomic mass is 16.6. The number of carbonyl (C=O) groups excluding carboxylic acids is 1. The van der Waals surface area contributed by atoms with Crippen LogP contribution < -0.4 is 4.74 Å². The molecular formula is C32H59NO4. The van der Waals surface area contributed by atoms with E-state index in [-0.39, 0.29) is 11.8 Å². The first-order chi connectivity index (χ1) is 18.3. The second kappa shape index (κ2) is 26.1. The number of hydrogen-bond donors (Lipinski definition) is 0. The molecule has 5 heteroatoms. The molecule has 0 aliphatic carbocycles. The second-order valence-electron chi connectivity index (χ2n) is 10.8. The molecular weight excluding hydrogens is 462 g/mol. The van der Waals surface area contributed by atoms with Crippen LogP contribution in [0.3, 0.4) is 0 Å². The number of carbonyl (C=O) groups is 1. The van der Waals surface area contributed by atoms with Crippen LogP contribution in [0.25, 0.3) is 0 Å². The number of aromatic nitrogens is 1. The third-order valence-corrected chi connectivity index (χ3v) is 7.14. The summed E-state index contributed by atoms with van der Waals surface area (Å²) in [4.78, 5) is 16.2. The van der Waals surface area contributed by atoms with Gasteiger partial charge in [-0.15, -0.1) is 0 Å². The molecule has 0 fully saturated rings. The van der Waals surface area contributed by atoms with Crippen molar-refractivity contribution in [3.8, 4) is 6.08 Å². The monoisotopic (exact) mass is 521 g/mol. The number of unbranched alkanes of at least 4 members (excludes halogenated alkanes) is 22. The molecule has 0 amide bonds. The van der Waals surface area contributed by atoms with Crippen molar-refractivity contribution in [1.82, 2.24) is 4.98 Å².